The summed E-state index contributed by atoms with van der Waals surface area (Å²) in [5.41, 5.74) is 0. The van der Waals surface area contributed by atoms with E-state index in [0.717, 1.165) is 57.8 Å². The Hall–Kier alpha value is -2.17. The first kappa shape index (κ1) is 58.8. The van der Waals surface area contributed by atoms with E-state index >= 15 is 0 Å². The van der Waals surface area contributed by atoms with Gasteiger partial charge in [0.15, 0.2) is 0 Å². The van der Waals surface area contributed by atoms with Crippen molar-refractivity contribution in [3.05, 3.63) is 72.9 Å². The molecule has 1 amide bonds. The third-order valence-corrected chi connectivity index (χ3v) is 11.9. The molecule has 0 aromatic heterocycles. The normalized spacial score (nSPS) is 13.4. The average Bonchev–Trinajstić information content (AvgIpc) is 3.26. The van der Waals surface area contributed by atoms with Crippen LogP contribution in [0.1, 0.15) is 264 Å². The molecular weight excluding hydrogens is 747 g/mol. The van der Waals surface area contributed by atoms with Crippen LogP contribution in [0.5, 0.6) is 0 Å². The fourth-order valence-corrected chi connectivity index (χ4v) is 7.91. The van der Waals surface area contributed by atoms with Crippen LogP contribution in [0, 0.1) is 0 Å². The van der Waals surface area contributed by atoms with Crippen molar-refractivity contribution >= 4 is 5.91 Å². The molecule has 0 aliphatic rings. The van der Waals surface area contributed by atoms with Gasteiger partial charge in [-0.05, 0) is 64.2 Å². The van der Waals surface area contributed by atoms with Crippen LogP contribution in [0.3, 0.4) is 0 Å². The third-order valence-electron chi connectivity index (χ3n) is 11.9. The van der Waals surface area contributed by atoms with Crippen molar-refractivity contribution in [2.45, 2.75) is 276 Å². The molecule has 0 fully saturated rings. The zero-order chi connectivity index (χ0) is 44.2. The van der Waals surface area contributed by atoms with Crippen LogP contribution >= 0.6 is 0 Å². The molecule has 2 atom stereocenters. The number of unbranched alkanes of at least 4 members (excludes halogenated alkanes) is 31. The highest BCUT2D eigenvalue weighted by Crippen LogP contribution is 2.17. The van der Waals surface area contributed by atoms with Crippen molar-refractivity contribution in [1.29, 1.82) is 0 Å². The summed E-state index contributed by atoms with van der Waals surface area (Å²) in [6.45, 7) is 4.16. The molecule has 0 aromatic rings. The first-order valence-electron chi connectivity index (χ1n) is 26.7. The maximum atomic E-state index is 12.4. The first-order chi connectivity index (χ1) is 30.2. The molecule has 4 heteroatoms. The summed E-state index contributed by atoms with van der Waals surface area (Å²) in [7, 11) is 0. The van der Waals surface area contributed by atoms with Crippen molar-refractivity contribution < 1.29 is 15.0 Å². The number of aliphatic hydroxyl groups is 2. The Balaban J connectivity index is 3.37. The lowest BCUT2D eigenvalue weighted by atomic mass is 10.0. The second kappa shape index (κ2) is 52.2. The fourth-order valence-electron chi connectivity index (χ4n) is 7.91. The highest BCUT2D eigenvalue weighted by molar-refractivity contribution is 5.76. The van der Waals surface area contributed by atoms with E-state index in [1.807, 2.05) is 6.08 Å². The van der Waals surface area contributed by atoms with Crippen LogP contribution in [-0.2, 0) is 4.79 Å². The Kier molecular flexibility index (Phi) is 50.3. The molecule has 3 N–H and O–H groups in total. The van der Waals surface area contributed by atoms with Gasteiger partial charge in [-0.1, -0.05) is 267 Å². The zero-order valence-corrected chi connectivity index (χ0v) is 40.7. The lowest BCUT2D eigenvalue weighted by Gasteiger charge is -2.20. The van der Waals surface area contributed by atoms with Gasteiger partial charge >= 0.3 is 0 Å². The van der Waals surface area contributed by atoms with Crippen molar-refractivity contribution in [2.75, 3.05) is 6.61 Å². The Morgan fingerprint density at radius 1 is 0.410 bits per heavy atom. The van der Waals surface area contributed by atoms with E-state index in [0.29, 0.717) is 6.42 Å². The fraction of sp³-hybridized carbons (Fsp3) is 0.772. The van der Waals surface area contributed by atoms with Crippen molar-refractivity contribution in [3.63, 3.8) is 0 Å². The summed E-state index contributed by atoms with van der Waals surface area (Å²) in [5, 5.41) is 22.9. The Labute approximate surface area is 380 Å². The molecule has 61 heavy (non-hydrogen) atoms. The molecule has 0 aromatic carbocycles. The SMILES string of the molecule is CC/C=C\C/C=C\C/C=C\C/C=C\C/C=C\CCCCCCCCCCCCCCCCCCCCCCCCCCCC(=O)NC(CO)C(O)/C=C/CCCCCCCC. The van der Waals surface area contributed by atoms with Crippen molar-refractivity contribution in [1.82, 2.24) is 5.32 Å². The van der Waals surface area contributed by atoms with Gasteiger partial charge in [-0.15, -0.1) is 0 Å². The van der Waals surface area contributed by atoms with E-state index in [4.69, 9.17) is 0 Å². The zero-order valence-electron chi connectivity index (χ0n) is 40.7. The van der Waals surface area contributed by atoms with Gasteiger partial charge in [0.05, 0.1) is 18.8 Å². The number of allylic oxidation sites excluding steroid dienone is 11. The molecule has 0 saturated carbocycles. The van der Waals surface area contributed by atoms with E-state index in [2.05, 4.69) is 79.9 Å². The standard InChI is InChI=1S/C57H103NO3/c1-3-5-7-9-11-13-14-15-16-17-18-19-20-21-22-23-24-25-26-27-28-29-30-31-32-33-34-35-36-37-38-39-40-41-42-43-44-45-47-49-51-53-57(61)58-55(54-59)56(60)52-50-48-46-12-10-8-6-4-2/h5,7,11,13,15-16,18-19,21-22,50,52,55-56,59-60H,3-4,6,8-10,12,14,17,20,23-49,51,53-54H2,1-2H3,(H,58,61)/b7-5-,13-11-,16-15-,19-18-,22-21-,52-50+. The minimum absolute atomic E-state index is 0.0651. The van der Waals surface area contributed by atoms with Gasteiger partial charge in [0.2, 0.25) is 5.91 Å². The maximum absolute atomic E-state index is 12.4. The van der Waals surface area contributed by atoms with Gasteiger partial charge in [0.25, 0.3) is 0 Å². The van der Waals surface area contributed by atoms with E-state index in [1.165, 1.54) is 186 Å². The van der Waals surface area contributed by atoms with E-state index < -0.39 is 12.1 Å². The monoisotopic (exact) mass is 850 g/mol. The number of aliphatic hydroxyl groups excluding tert-OH is 2. The number of carbonyl (C=O) groups excluding carboxylic acids is 1. The van der Waals surface area contributed by atoms with Gasteiger partial charge in [-0.3, -0.25) is 4.79 Å². The smallest absolute Gasteiger partial charge is 0.220 e. The van der Waals surface area contributed by atoms with Gasteiger partial charge < -0.3 is 15.5 Å². The van der Waals surface area contributed by atoms with Crippen LogP contribution in [0.4, 0.5) is 0 Å². The molecule has 0 radical (unpaired) electrons. The molecule has 0 rings (SSSR count). The lowest BCUT2D eigenvalue weighted by Crippen LogP contribution is -2.45. The Bertz CT molecular complexity index is 1050. The van der Waals surface area contributed by atoms with Crippen LogP contribution in [0.25, 0.3) is 0 Å². The molecule has 0 saturated heterocycles. The summed E-state index contributed by atoms with van der Waals surface area (Å²) in [5.74, 6) is -0.0651. The second-order valence-corrected chi connectivity index (χ2v) is 17.9. The summed E-state index contributed by atoms with van der Waals surface area (Å²) in [4.78, 5) is 12.4. The van der Waals surface area contributed by atoms with Crippen LogP contribution in [-0.4, -0.2) is 34.9 Å². The van der Waals surface area contributed by atoms with Crippen LogP contribution in [0.15, 0.2) is 72.9 Å². The lowest BCUT2D eigenvalue weighted by molar-refractivity contribution is -0.123. The predicted molar refractivity (Wildman–Crippen MR) is 271 cm³/mol. The molecule has 0 spiro atoms. The summed E-state index contributed by atoms with van der Waals surface area (Å²) in [6, 6.07) is -0.619. The second-order valence-electron chi connectivity index (χ2n) is 17.9. The first-order valence-corrected chi connectivity index (χ1v) is 26.7. The molecular formula is C57H103NO3. The van der Waals surface area contributed by atoms with Gasteiger partial charge in [0.1, 0.15) is 0 Å². The molecule has 0 aliphatic heterocycles. The quantitative estimate of drug-likeness (QED) is 0.0422. The molecule has 0 bridgehead atoms. The Morgan fingerprint density at radius 3 is 1.08 bits per heavy atom. The predicted octanol–water partition coefficient (Wildman–Crippen LogP) is 17.4. The molecule has 4 nitrogen and oxygen atoms in total. The number of carbonyl (C=O) groups is 1. The largest absolute Gasteiger partial charge is 0.394 e. The summed E-state index contributed by atoms with van der Waals surface area (Å²) >= 11 is 0. The third kappa shape index (κ3) is 48.7. The Morgan fingerprint density at radius 2 is 0.721 bits per heavy atom. The van der Waals surface area contributed by atoms with Gasteiger partial charge in [0, 0.05) is 6.42 Å². The van der Waals surface area contributed by atoms with Crippen LogP contribution < -0.4 is 5.32 Å². The number of nitrogens with one attached hydrogen (secondary N) is 1. The highest BCUT2D eigenvalue weighted by Gasteiger charge is 2.18. The maximum Gasteiger partial charge on any atom is 0.220 e. The minimum atomic E-state index is -0.835. The molecule has 354 valence electrons. The molecule has 0 aliphatic carbocycles. The number of amides is 1. The molecule has 2 unspecified atom stereocenters. The number of hydrogen-bond acceptors (Lipinski definition) is 3. The highest BCUT2D eigenvalue weighted by atomic mass is 16.3. The molecule has 0 heterocycles. The van der Waals surface area contributed by atoms with Crippen LogP contribution in [0.2, 0.25) is 0 Å². The van der Waals surface area contributed by atoms with Gasteiger partial charge in [-0.25, -0.2) is 0 Å². The topological polar surface area (TPSA) is 69.6 Å². The number of hydrogen-bond donors (Lipinski definition) is 3. The van der Waals surface area contributed by atoms with E-state index in [1.54, 1.807) is 6.08 Å². The van der Waals surface area contributed by atoms with Crippen molar-refractivity contribution in [3.8, 4) is 0 Å². The van der Waals surface area contributed by atoms with E-state index in [9.17, 15) is 15.0 Å². The number of rotatable bonds is 48. The minimum Gasteiger partial charge on any atom is -0.394 e. The van der Waals surface area contributed by atoms with Crippen molar-refractivity contribution in [2.24, 2.45) is 0 Å². The van der Waals surface area contributed by atoms with Gasteiger partial charge in [-0.2, -0.15) is 0 Å². The summed E-state index contributed by atoms with van der Waals surface area (Å²) < 4.78 is 0. The van der Waals surface area contributed by atoms with E-state index in [-0.39, 0.29) is 12.5 Å². The summed E-state index contributed by atoms with van der Waals surface area (Å²) in [6.07, 6.45) is 75.1. The average molecular weight is 850 g/mol.